The van der Waals surface area contributed by atoms with Gasteiger partial charge < -0.3 is 4.90 Å². The zero-order valence-electron chi connectivity index (χ0n) is 27.7. The molecule has 0 radical (unpaired) electrons. The lowest BCUT2D eigenvalue weighted by molar-refractivity contribution is 0.0990. The fourth-order valence-electron chi connectivity index (χ4n) is 7.11. The van der Waals surface area contributed by atoms with E-state index in [1.807, 2.05) is 42.5 Å². The molecular weight excluding hydrogens is 574 g/mol. The van der Waals surface area contributed by atoms with Crippen molar-refractivity contribution in [3.63, 3.8) is 0 Å². The zero-order valence-corrected chi connectivity index (χ0v) is 27.7. The van der Waals surface area contributed by atoms with Crippen molar-refractivity contribution in [2.24, 2.45) is 0 Å². The summed E-state index contributed by atoms with van der Waals surface area (Å²) in [4.78, 5) is 29.6. The summed E-state index contributed by atoms with van der Waals surface area (Å²) >= 11 is 0. The summed E-state index contributed by atoms with van der Waals surface area (Å²) in [5.41, 5.74) is 10.1. The Morgan fingerprint density at radius 3 is 1.68 bits per heavy atom. The van der Waals surface area contributed by atoms with Crippen molar-refractivity contribution in [3.8, 4) is 11.1 Å². The minimum atomic E-state index is -0.212. The minimum absolute atomic E-state index is 0.0294. The molecule has 230 valence electrons. The summed E-state index contributed by atoms with van der Waals surface area (Å²) in [5.74, 6) is -0.424. The SMILES string of the molecule is CC(C)(C)c1cc(N2c3ccc(C=C4C(=O)c5cc6ccccc6cc5C4=O)cc3-c3cccc4cccc2c34)cc(C(C)(C)C)c1. The molecule has 0 spiro atoms. The van der Waals surface area contributed by atoms with Gasteiger partial charge in [0.2, 0.25) is 0 Å². The van der Waals surface area contributed by atoms with Gasteiger partial charge in [-0.2, -0.15) is 0 Å². The molecule has 0 amide bonds. The third-order valence-electron chi connectivity index (χ3n) is 9.76. The summed E-state index contributed by atoms with van der Waals surface area (Å²) in [5, 5.41) is 4.28. The van der Waals surface area contributed by atoms with Gasteiger partial charge in [-0.15, -0.1) is 0 Å². The van der Waals surface area contributed by atoms with E-state index in [1.165, 1.54) is 21.9 Å². The third kappa shape index (κ3) is 4.64. The first-order valence-corrected chi connectivity index (χ1v) is 16.3. The number of benzene rings is 6. The lowest BCUT2D eigenvalue weighted by Crippen LogP contribution is -2.20. The molecule has 2 aliphatic rings. The van der Waals surface area contributed by atoms with Crippen LogP contribution in [0.4, 0.5) is 17.1 Å². The van der Waals surface area contributed by atoms with E-state index in [9.17, 15) is 9.59 Å². The minimum Gasteiger partial charge on any atom is -0.309 e. The largest absolute Gasteiger partial charge is 0.309 e. The molecule has 0 bridgehead atoms. The number of ketones is 2. The first-order chi connectivity index (χ1) is 22.4. The molecule has 0 fully saturated rings. The molecule has 0 saturated heterocycles. The Morgan fingerprint density at radius 1 is 0.511 bits per heavy atom. The van der Waals surface area contributed by atoms with E-state index >= 15 is 0 Å². The number of carbonyl (C=O) groups excluding carboxylic acids is 2. The van der Waals surface area contributed by atoms with Crippen molar-refractivity contribution in [3.05, 3.63) is 143 Å². The van der Waals surface area contributed by atoms with E-state index in [0.717, 1.165) is 44.5 Å². The number of Topliss-reactive ketones (excluding diaryl/α,β-unsaturated/α-hetero) is 2. The molecule has 1 aliphatic heterocycles. The van der Waals surface area contributed by atoms with Crippen LogP contribution in [0.3, 0.4) is 0 Å². The van der Waals surface area contributed by atoms with Crippen LogP contribution in [-0.4, -0.2) is 11.6 Å². The van der Waals surface area contributed by atoms with Crippen LogP contribution in [0.2, 0.25) is 0 Å². The number of anilines is 3. The predicted molar refractivity (Wildman–Crippen MR) is 196 cm³/mol. The fraction of sp³-hybridized carbons (Fsp3) is 0.182. The molecule has 47 heavy (non-hydrogen) atoms. The van der Waals surface area contributed by atoms with E-state index in [-0.39, 0.29) is 28.0 Å². The number of nitrogens with zero attached hydrogens (tertiary/aromatic N) is 1. The van der Waals surface area contributed by atoms with Gasteiger partial charge >= 0.3 is 0 Å². The summed E-state index contributed by atoms with van der Waals surface area (Å²) in [6.45, 7) is 13.6. The highest BCUT2D eigenvalue weighted by atomic mass is 16.2. The fourth-order valence-corrected chi connectivity index (χ4v) is 7.11. The van der Waals surface area contributed by atoms with E-state index in [2.05, 4.69) is 113 Å². The van der Waals surface area contributed by atoms with Gasteiger partial charge in [0.1, 0.15) is 0 Å². The molecule has 1 heterocycles. The molecule has 3 heteroatoms. The molecule has 6 aromatic carbocycles. The third-order valence-corrected chi connectivity index (χ3v) is 9.76. The van der Waals surface area contributed by atoms with Crippen LogP contribution in [-0.2, 0) is 10.8 Å². The Balaban J connectivity index is 1.32. The summed E-state index contributed by atoms with van der Waals surface area (Å²) in [6.07, 6.45) is 1.78. The zero-order chi connectivity index (χ0) is 32.8. The monoisotopic (exact) mass is 611 g/mol. The van der Waals surface area contributed by atoms with Crippen molar-refractivity contribution in [2.75, 3.05) is 4.90 Å². The maximum atomic E-state index is 13.6. The highest BCUT2D eigenvalue weighted by molar-refractivity contribution is 6.42. The second-order valence-electron chi connectivity index (χ2n) is 15.0. The van der Waals surface area contributed by atoms with Gasteiger partial charge in [0.05, 0.1) is 16.9 Å². The molecule has 0 aromatic heterocycles. The molecule has 6 aromatic rings. The van der Waals surface area contributed by atoms with Gasteiger partial charge in [-0.05, 0) is 97.8 Å². The van der Waals surface area contributed by atoms with Gasteiger partial charge in [0, 0.05) is 27.8 Å². The number of allylic oxidation sites excluding steroid dienone is 1. The Labute approximate surface area is 276 Å². The second-order valence-corrected chi connectivity index (χ2v) is 15.0. The predicted octanol–water partition coefficient (Wildman–Crippen LogP) is 11.5. The lowest BCUT2D eigenvalue weighted by Gasteiger charge is -2.36. The Kier molecular flexibility index (Phi) is 6.27. The first kappa shape index (κ1) is 29.1. The number of hydrogen-bond donors (Lipinski definition) is 0. The van der Waals surface area contributed by atoms with Crippen LogP contribution < -0.4 is 4.90 Å². The van der Waals surface area contributed by atoms with Gasteiger partial charge in [-0.1, -0.05) is 108 Å². The number of hydrogen-bond acceptors (Lipinski definition) is 3. The highest BCUT2D eigenvalue weighted by Crippen LogP contribution is 2.52. The molecule has 0 atom stereocenters. The number of rotatable bonds is 2. The van der Waals surface area contributed by atoms with Crippen LogP contribution in [0.1, 0.15) is 78.9 Å². The average molecular weight is 612 g/mol. The highest BCUT2D eigenvalue weighted by Gasteiger charge is 2.34. The molecule has 0 saturated carbocycles. The molecule has 1 aliphatic carbocycles. The standard InChI is InChI=1S/C44H37NO2/c1-43(2,3)30-23-31(44(4,5)6)25-32(24-30)45-38-18-17-26(19-34(38)33-15-9-13-27-14-10-16-39(45)40(27)33)20-37-41(46)35-21-28-11-7-8-12-29(28)22-36(35)42(37)47/h7-25H,1-6H3. The van der Waals surface area contributed by atoms with Gasteiger partial charge in [0.15, 0.2) is 11.6 Å². The second kappa shape index (κ2) is 10.1. The van der Waals surface area contributed by atoms with E-state index in [1.54, 1.807) is 6.08 Å². The molecule has 3 nitrogen and oxygen atoms in total. The topological polar surface area (TPSA) is 37.4 Å². The molecular formula is C44H37NO2. The van der Waals surface area contributed by atoms with E-state index in [0.29, 0.717) is 11.1 Å². The van der Waals surface area contributed by atoms with Crippen molar-refractivity contribution >= 4 is 56.2 Å². The maximum absolute atomic E-state index is 13.6. The van der Waals surface area contributed by atoms with Crippen molar-refractivity contribution in [1.29, 1.82) is 0 Å². The summed E-state index contributed by atoms with van der Waals surface area (Å²) in [7, 11) is 0. The summed E-state index contributed by atoms with van der Waals surface area (Å²) in [6, 6.07) is 37.9. The number of fused-ring (bicyclic) bond motifs is 4. The van der Waals surface area contributed by atoms with Crippen LogP contribution >= 0.6 is 0 Å². The maximum Gasteiger partial charge on any atom is 0.197 e. The average Bonchev–Trinajstić information content (AvgIpc) is 3.27. The molecule has 0 N–H and O–H groups in total. The quantitative estimate of drug-likeness (QED) is 0.144. The summed E-state index contributed by atoms with van der Waals surface area (Å²) < 4.78 is 0. The van der Waals surface area contributed by atoms with Crippen LogP contribution in [0, 0.1) is 0 Å². The van der Waals surface area contributed by atoms with E-state index in [4.69, 9.17) is 0 Å². The van der Waals surface area contributed by atoms with Crippen molar-refractivity contribution in [1.82, 2.24) is 0 Å². The Hall–Kier alpha value is -5.28. The van der Waals surface area contributed by atoms with Gasteiger partial charge in [-0.3, -0.25) is 9.59 Å². The van der Waals surface area contributed by atoms with Crippen molar-refractivity contribution < 1.29 is 9.59 Å². The van der Waals surface area contributed by atoms with Crippen LogP contribution in [0.15, 0.2) is 115 Å². The van der Waals surface area contributed by atoms with Crippen molar-refractivity contribution in [2.45, 2.75) is 52.4 Å². The lowest BCUT2D eigenvalue weighted by atomic mass is 9.80. The van der Waals surface area contributed by atoms with Crippen LogP contribution in [0.25, 0.3) is 38.7 Å². The smallest absolute Gasteiger partial charge is 0.197 e. The normalized spacial score (nSPS) is 14.2. The van der Waals surface area contributed by atoms with Gasteiger partial charge in [-0.25, -0.2) is 0 Å². The van der Waals surface area contributed by atoms with Gasteiger partial charge in [0.25, 0.3) is 0 Å². The van der Waals surface area contributed by atoms with Crippen LogP contribution in [0.5, 0.6) is 0 Å². The number of carbonyl (C=O) groups is 2. The first-order valence-electron chi connectivity index (χ1n) is 16.3. The van der Waals surface area contributed by atoms with E-state index < -0.39 is 0 Å². The molecule has 8 rings (SSSR count). The molecule has 0 unspecified atom stereocenters. The Bertz CT molecular complexity index is 2270. The Morgan fingerprint density at radius 2 is 1.09 bits per heavy atom.